The Bertz CT molecular complexity index is 882. The predicted octanol–water partition coefficient (Wildman–Crippen LogP) is 5.16. The van der Waals surface area contributed by atoms with Crippen LogP contribution in [0, 0.1) is 0 Å². The summed E-state index contributed by atoms with van der Waals surface area (Å²) in [6, 6.07) is 11.6. The Kier molecular flexibility index (Phi) is 5.67. The van der Waals surface area contributed by atoms with Gasteiger partial charge in [-0.3, -0.25) is 4.90 Å². The van der Waals surface area contributed by atoms with Gasteiger partial charge in [-0.05, 0) is 55.3 Å². The molecule has 28 heavy (non-hydrogen) atoms. The Morgan fingerprint density at radius 3 is 2.46 bits per heavy atom. The minimum atomic E-state index is -0.244. The van der Waals surface area contributed by atoms with Crippen LogP contribution in [-0.4, -0.2) is 48.7 Å². The van der Waals surface area contributed by atoms with Gasteiger partial charge in [0.25, 0.3) is 0 Å². The van der Waals surface area contributed by atoms with Crippen molar-refractivity contribution in [1.82, 2.24) is 9.80 Å². The maximum absolute atomic E-state index is 12.0. The molecular formula is C21H22Cl2N2O3. The van der Waals surface area contributed by atoms with Gasteiger partial charge in [0.2, 0.25) is 0 Å². The second-order valence-corrected chi connectivity index (χ2v) is 7.85. The number of hydrogen-bond donors (Lipinski definition) is 0. The molecule has 2 aromatic rings. The van der Waals surface area contributed by atoms with Gasteiger partial charge in [-0.1, -0.05) is 23.2 Å². The molecule has 2 heterocycles. The maximum atomic E-state index is 12.0. The van der Waals surface area contributed by atoms with Crippen molar-refractivity contribution >= 4 is 29.3 Å². The number of rotatable bonds is 2. The molecule has 2 aromatic carbocycles. The number of nitrogens with zero attached hydrogens (tertiary/aromatic N) is 2. The third-order valence-electron chi connectivity index (χ3n) is 5.27. The number of fused-ring (bicyclic) bond motifs is 2. The summed E-state index contributed by atoms with van der Waals surface area (Å²) in [7, 11) is 0. The molecule has 2 aliphatic rings. The first-order valence-corrected chi connectivity index (χ1v) is 10.2. The van der Waals surface area contributed by atoms with Crippen LogP contribution >= 0.6 is 23.2 Å². The molecule has 1 fully saturated rings. The van der Waals surface area contributed by atoms with E-state index in [0.29, 0.717) is 29.7 Å². The molecule has 1 amide bonds. The highest BCUT2D eigenvalue weighted by Gasteiger charge is 2.32. The minimum absolute atomic E-state index is 0.0952. The van der Waals surface area contributed by atoms with Crippen molar-refractivity contribution in [2.45, 2.75) is 19.4 Å². The Morgan fingerprint density at radius 1 is 1.07 bits per heavy atom. The van der Waals surface area contributed by atoms with E-state index in [-0.39, 0.29) is 12.1 Å². The fraction of sp³-hybridized carbons (Fsp3) is 0.381. The minimum Gasteiger partial charge on any atom is -0.457 e. The summed E-state index contributed by atoms with van der Waals surface area (Å²) in [6.07, 6.45) is 0.523. The van der Waals surface area contributed by atoms with Crippen molar-refractivity contribution in [2.24, 2.45) is 0 Å². The predicted molar refractivity (Wildman–Crippen MR) is 110 cm³/mol. The molecule has 5 nitrogen and oxygen atoms in total. The third-order valence-corrected chi connectivity index (χ3v) is 5.74. The topological polar surface area (TPSA) is 42.0 Å². The van der Waals surface area contributed by atoms with Crippen molar-refractivity contribution < 1.29 is 14.3 Å². The monoisotopic (exact) mass is 420 g/mol. The molecule has 7 heteroatoms. The molecule has 0 saturated carbocycles. The summed E-state index contributed by atoms with van der Waals surface area (Å²) in [5, 5.41) is 1.37. The first-order valence-electron chi connectivity index (χ1n) is 9.46. The number of carbonyl (C=O) groups excluding carboxylic acids is 1. The van der Waals surface area contributed by atoms with E-state index in [9.17, 15) is 4.79 Å². The van der Waals surface area contributed by atoms with Gasteiger partial charge in [0.05, 0.1) is 6.61 Å². The van der Waals surface area contributed by atoms with Crippen LogP contribution < -0.4 is 4.74 Å². The quantitative estimate of drug-likeness (QED) is 0.672. The zero-order chi connectivity index (χ0) is 19.7. The van der Waals surface area contributed by atoms with E-state index in [1.54, 1.807) is 4.90 Å². The number of ether oxygens (including phenoxy) is 2. The van der Waals surface area contributed by atoms with E-state index in [2.05, 4.69) is 4.90 Å². The van der Waals surface area contributed by atoms with Crippen molar-refractivity contribution in [2.75, 3.05) is 32.8 Å². The SMILES string of the molecule is CCOC(=O)N1CCN(C2Cc3cc(Cl)ccc3Oc3ccc(Cl)cc32)CC1. The lowest BCUT2D eigenvalue weighted by molar-refractivity contribution is 0.0657. The van der Waals surface area contributed by atoms with Gasteiger partial charge in [0.15, 0.2) is 0 Å². The molecule has 1 unspecified atom stereocenters. The van der Waals surface area contributed by atoms with Crippen LogP contribution in [0.15, 0.2) is 36.4 Å². The molecule has 0 N–H and O–H groups in total. The van der Waals surface area contributed by atoms with Crippen molar-refractivity contribution in [3.05, 3.63) is 57.6 Å². The van der Waals surface area contributed by atoms with Crippen molar-refractivity contribution in [3.63, 3.8) is 0 Å². The van der Waals surface area contributed by atoms with Gasteiger partial charge in [0, 0.05) is 47.8 Å². The zero-order valence-corrected chi connectivity index (χ0v) is 17.2. The number of hydrogen-bond acceptors (Lipinski definition) is 4. The number of amides is 1. The van der Waals surface area contributed by atoms with Gasteiger partial charge in [-0.25, -0.2) is 4.79 Å². The summed E-state index contributed by atoms with van der Waals surface area (Å²) in [6.45, 7) is 4.99. The van der Waals surface area contributed by atoms with Crippen LogP contribution in [0.2, 0.25) is 10.0 Å². The molecular weight excluding hydrogens is 399 g/mol. The van der Waals surface area contributed by atoms with E-state index >= 15 is 0 Å². The van der Waals surface area contributed by atoms with Gasteiger partial charge < -0.3 is 14.4 Å². The van der Waals surface area contributed by atoms with Gasteiger partial charge in [-0.2, -0.15) is 0 Å². The molecule has 1 saturated heterocycles. The van der Waals surface area contributed by atoms with Crippen LogP contribution in [0.5, 0.6) is 11.5 Å². The largest absolute Gasteiger partial charge is 0.457 e. The highest BCUT2D eigenvalue weighted by Crippen LogP contribution is 2.42. The summed E-state index contributed by atoms with van der Waals surface area (Å²) in [5.74, 6) is 1.63. The lowest BCUT2D eigenvalue weighted by Gasteiger charge is -2.39. The first kappa shape index (κ1) is 19.4. The lowest BCUT2D eigenvalue weighted by atomic mass is 9.96. The summed E-state index contributed by atoms with van der Waals surface area (Å²) in [4.78, 5) is 16.2. The maximum Gasteiger partial charge on any atom is 0.409 e. The van der Waals surface area contributed by atoms with Crippen LogP contribution in [-0.2, 0) is 11.2 Å². The number of halogens is 2. The smallest absolute Gasteiger partial charge is 0.409 e. The van der Waals surface area contributed by atoms with Gasteiger partial charge in [0.1, 0.15) is 11.5 Å². The molecule has 0 radical (unpaired) electrons. The number of piperazine rings is 1. The standard InChI is InChI=1S/C21H22Cl2N2O3/c1-2-27-21(26)25-9-7-24(8-10-25)18-12-14-11-15(22)3-5-19(14)28-20-6-4-16(23)13-17(18)20/h3-6,11,13,18H,2,7-10,12H2,1H3. The molecule has 0 bridgehead atoms. The van der Waals surface area contributed by atoms with Crippen LogP contribution in [0.25, 0.3) is 0 Å². The number of benzene rings is 2. The average Bonchev–Trinajstić information content (AvgIpc) is 2.84. The Balaban J connectivity index is 1.62. The van der Waals surface area contributed by atoms with Gasteiger partial charge in [-0.15, -0.1) is 0 Å². The van der Waals surface area contributed by atoms with Crippen LogP contribution in [0.1, 0.15) is 24.1 Å². The molecule has 1 atom stereocenters. The summed E-state index contributed by atoms with van der Waals surface area (Å²) < 4.78 is 11.3. The van der Waals surface area contributed by atoms with E-state index in [1.807, 2.05) is 43.3 Å². The molecule has 2 aliphatic heterocycles. The second-order valence-electron chi connectivity index (χ2n) is 6.98. The average molecular weight is 421 g/mol. The zero-order valence-electron chi connectivity index (χ0n) is 15.7. The fourth-order valence-electron chi connectivity index (χ4n) is 3.87. The molecule has 0 aromatic heterocycles. The molecule has 0 spiro atoms. The Morgan fingerprint density at radius 2 is 1.75 bits per heavy atom. The van der Waals surface area contributed by atoms with E-state index in [4.69, 9.17) is 32.7 Å². The molecule has 0 aliphatic carbocycles. The van der Waals surface area contributed by atoms with Gasteiger partial charge >= 0.3 is 6.09 Å². The van der Waals surface area contributed by atoms with E-state index in [0.717, 1.165) is 42.1 Å². The lowest BCUT2D eigenvalue weighted by Crippen LogP contribution is -2.50. The highest BCUT2D eigenvalue weighted by atomic mass is 35.5. The van der Waals surface area contributed by atoms with E-state index in [1.165, 1.54) is 0 Å². The van der Waals surface area contributed by atoms with Crippen molar-refractivity contribution in [3.8, 4) is 11.5 Å². The molecule has 148 valence electrons. The van der Waals surface area contributed by atoms with E-state index < -0.39 is 0 Å². The van der Waals surface area contributed by atoms with Crippen LogP contribution in [0.3, 0.4) is 0 Å². The van der Waals surface area contributed by atoms with Crippen molar-refractivity contribution in [1.29, 1.82) is 0 Å². The normalized spacial score (nSPS) is 19.2. The van der Waals surface area contributed by atoms with Crippen LogP contribution in [0.4, 0.5) is 4.79 Å². The Labute approximate surface area is 174 Å². The Hall–Kier alpha value is -1.95. The fourth-order valence-corrected chi connectivity index (χ4v) is 4.25. The number of carbonyl (C=O) groups is 1. The summed E-state index contributed by atoms with van der Waals surface area (Å²) >= 11 is 12.5. The third kappa shape index (κ3) is 3.93. The first-order chi connectivity index (χ1) is 13.5. The molecule has 4 rings (SSSR count). The highest BCUT2D eigenvalue weighted by molar-refractivity contribution is 6.31. The summed E-state index contributed by atoms with van der Waals surface area (Å²) in [5.41, 5.74) is 2.13. The second kappa shape index (κ2) is 8.19.